The zero-order chi connectivity index (χ0) is 10.6. The molecule has 0 amide bonds. The van der Waals surface area contributed by atoms with Crippen molar-refractivity contribution in [3.05, 3.63) is 0 Å². The number of hydrogen-bond donors (Lipinski definition) is 0. The third-order valence-corrected chi connectivity index (χ3v) is 1.64. The van der Waals surface area contributed by atoms with Gasteiger partial charge >= 0.3 is 5.97 Å². The summed E-state index contributed by atoms with van der Waals surface area (Å²) in [6.45, 7) is 4.67. The molecule has 0 radical (unpaired) electrons. The van der Waals surface area contributed by atoms with E-state index in [-0.39, 0.29) is 6.10 Å². The number of esters is 1. The van der Waals surface area contributed by atoms with Crippen LogP contribution >= 0.6 is 0 Å². The first-order valence-electron chi connectivity index (χ1n) is 3.81. The summed E-state index contributed by atoms with van der Waals surface area (Å²) in [5.41, 5.74) is 0. The third kappa shape index (κ3) is 6.53. The lowest BCUT2D eigenvalue weighted by atomic mass is 10.4. The average molecular weight is 210 g/mol. The van der Waals surface area contributed by atoms with Crippen molar-refractivity contribution in [3.8, 4) is 0 Å². The lowest BCUT2D eigenvalue weighted by Gasteiger charge is -2.12. The molecule has 0 aliphatic carbocycles. The van der Waals surface area contributed by atoms with Crippen LogP contribution in [0.15, 0.2) is 0 Å². The molecule has 0 aromatic rings. The quantitative estimate of drug-likeness (QED) is 0.493. The number of rotatable bonds is 4. The van der Waals surface area contributed by atoms with E-state index >= 15 is 0 Å². The molecular weight excluding hydrogens is 196 g/mol. The Morgan fingerprint density at radius 2 is 1.69 bits per heavy atom. The molecule has 0 saturated carbocycles. The maximum Gasteiger partial charge on any atom is 0.336 e. The Balaban J connectivity index is 4.13. The minimum atomic E-state index is -3.61. The fraction of sp³-hybridized carbons (Fsp3) is 0.857. The molecule has 1 unspecified atom stereocenters. The predicted molar refractivity (Wildman–Crippen MR) is 46.6 cm³/mol. The second-order valence-corrected chi connectivity index (χ2v) is 4.53. The first-order chi connectivity index (χ1) is 5.72. The van der Waals surface area contributed by atoms with Crippen LogP contribution in [0.3, 0.4) is 0 Å². The van der Waals surface area contributed by atoms with Gasteiger partial charge in [0.1, 0.15) is 0 Å². The van der Waals surface area contributed by atoms with E-state index in [0.717, 1.165) is 6.26 Å². The van der Waals surface area contributed by atoms with Crippen LogP contribution in [-0.2, 0) is 23.8 Å². The first kappa shape index (κ1) is 12.4. The molecule has 0 saturated heterocycles. The molecule has 0 heterocycles. The van der Waals surface area contributed by atoms with E-state index in [1.807, 2.05) is 0 Å². The summed E-state index contributed by atoms with van der Waals surface area (Å²) in [5.74, 6) is -0.680. The highest BCUT2D eigenvalue weighted by Crippen LogP contribution is 2.01. The van der Waals surface area contributed by atoms with Crippen molar-refractivity contribution in [2.24, 2.45) is 0 Å². The number of carbonyl (C=O) groups is 1. The fourth-order valence-corrected chi connectivity index (χ4v) is 1.23. The van der Waals surface area contributed by atoms with Crippen molar-refractivity contribution >= 4 is 16.1 Å². The zero-order valence-electron chi connectivity index (χ0n) is 8.10. The van der Waals surface area contributed by atoms with Gasteiger partial charge in [-0.15, -0.1) is 0 Å². The summed E-state index contributed by atoms with van der Waals surface area (Å²) in [7, 11) is -3.61. The molecule has 0 aromatic heterocycles. The zero-order valence-corrected chi connectivity index (χ0v) is 8.92. The van der Waals surface area contributed by atoms with Crippen molar-refractivity contribution in [3.63, 3.8) is 0 Å². The van der Waals surface area contributed by atoms with Gasteiger partial charge in [0.15, 0.2) is 6.10 Å². The minimum absolute atomic E-state index is 0.280. The highest BCUT2D eigenvalue weighted by atomic mass is 32.2. The van der Waals surface area contributed by atoms with Gasteiger partial charge in [-0.25, -0.2) is 4.79 Å². The van der Waals surface area contributed by atoms with E-state index in [1.54, 1.807) is 13.8 Å². The van der Waals surface area contributed by atoms with E-state index < -0.39 is 22.2 Å². The van der Waals surface area contributed by atoms with Gasteiger partial charge in [0.05, 0.1) is 12.4 Å². The first-order valence-corrected chi connectivity index (χ1v) is 5.63. The van der Waals surface area contributed by atoms with E-state index in [0.29, 0.717) is 0 Å². The van der Waals surface area contributed by atoms with E-state index in [1.165, 1.54) is 6.92 Å². The third-order valence-electron chi connectivity index (χ3n) is 1.00. The van der Waals surface area contributed by atoms with Crippen LogP contribution in [-0.4, -0.2) is 32.9 Å². The molecule has 0 N–H and O–H groups in total. The minimum Gasteiger partial charge on any atom is -0.461 e. The van der Waals surface area contributed by atoms with Crippen LogP contribution in [0, 0.1) is 0 Å². The highest BCUT2D eigenvalue weighted by Gasteiger charge is 2.20. The van der Waals surface area contributed by atoms with Crippen LogP contribution in [0.2, 0.25) is 0 Å². The summed E-state index contributed by atoms with van der Waals surface area (Å²) in [6.07, 6.45) is -0.484. The van der Waals surface area contributed by atoms with Gasteiger partial charge in [-0.05, 0) is 20.8 Å². The van der Waals surface area contributed by atoms with Gasteiger partial charge in [0, 0.05) is 0 Å². The summed E-state index contributed by atoms with van der Waals surface area (Å²) in [4.78, 5) is 11.0. The Bertz CT molecular complexity index is 267. The molecule has 0 aliphatic heterocycles. The largest absolute Gasteiger partial charge is 0.461 e. The molecule has 0 rings (SSSR count). The molecule has 0 aliphatic rings. The maximum absolute atomic E-state index is 11.0. The van der Waals surface area contributed by atoms with E-state index in [9.17, 15) is 13.2 Å². The van der Waals surface area contributed by atoms with Gasteiger partial charge in [-0.2, -0.15) is 8.42 Å². The second-order valence-electron chi connectivity index (χ2n) is 2.93. The van der Waals surface area contributed by atoms with Gasteiger partial charge in [-0.1, -0.05) is 0 Å². The lowest BCUT2D eigenvalue weighted by molar-refractivity contribution is -0.154. The Labute approximate surface area is 78.2 Å². The molecule has 0 bridgehead atoms. The average Bonchev–Trinajstić information content (AvgIpc) is 1.81. The molecule has 13 heavy (non-hydrogen) atoms. The lowest BCUT2D eigenvalue weighted by Crippen LogP contribution is -2.27. The monoisotopic (exact) mass is 210 g/mol. The van der Waals surface area contributed by atoms with E-state index in [4.69, 9.17) is 4.74 Å². The van der Waals surface area contributed by atoms with Gasteiger partial charge in [0.2, 0.25) is 0 Å². The van der Waals surface area contributed by atoms with Crippen LogP contribution in [0.25, 0.3) is 0 Å². The van der Waals surface area contributed by atoms with Crippen molar-refractivity contribution in [2.75, 3.05) is 6.26 Å². The van der Waals surface area contributed by atoms with Crippen LogP contribution in [0.5, 0.6) is 0 Å². The van der Waals surface area contributed by atoms with Crippen molar-refractivity contribution < 1.29 is 22.1 Å². The Morgan fingerprint density at radius 3 is 2.00 bits per heavy atom. The number of ether oxygens (including phenoxy) is 1. The molecule has 0 aromatic carbocycles. The number of hydrogen-bond acceptors (Lipinski definition) is 5. The Kier molecular flexibility index (Phi) is 4.35. The molecular formula is C7H14O5S. The van der Waals surface area contributed by atoms with Gasteiger partial charge in [-0.3, -0.25) is 4.18 Å². The smallest absolute Gasteiger partial charge is 0.336 e. The Morgan fingerprint density at radius 1 is 1.23 bits per heavy atom. The van der Waals surface area contributed by atoms with Crippen molar-refractivity contribution in [1.29, 1.82) is 0 Å². The van der Waals surface area contributed by atoms with Crippen LogP contribution in [0.4, 0.5) is 0 Å². The fourth-order valence-electron chi connectivity index (χ4n) is 0.630. The topological polar surface area (TPSA) is 69.7 Å². The summed E-state index contributed by atoms with van der Waals surface area (Å²) in [5, 5.41) is 0. The summed E-state index contributed by atoms with van der Waals surface area (Å²) >= 11 is 0. The summed E-state index contributed by atoms with van der Waals surface area (Å²) < 4.78 is 30.3. The molecule has 78 valence electrons. The SMILES string of the molecule is CC(C)OC(=O)C(C)OS(C)(=O)=O. The van der Waals surface area contributed by atoms with E-state index in [2.05, 4.69) is 4.18 Å². The van der Waals surface area contributed by atoms with Gasteiger partial charge < -0.3 is 4.74 Å². The standard InChI is InChI=1S/C7H14O5S/c1-5(2)11-7(8)6(3)12-13(4,9)10/h5-6H,1-4H3. The predicted octanol–water partition coefficient (Wildman–Crippen LogP) is 0.303. The Hall–Kier alpha value is -0.620. The molecule has 0 spiro atoms. The van der Waals surface area contributed by atoms with Crippen molar-refractivity contribution in [1.82, 2.24) is 0 Å². The van der Waals surface area contributed by atoms with Crippen LogP contribution < -0.4 is 0 Å². The maximum atomic E-state index is 11.0. The normalized spacial score (nSPS) is 14.2. The number of carbonyl (C=O) groups excluding carboxylic acids is 1. The molecule has 1 atom stereocenters. The van der Waals surface area contributed by atoms with Crippen molar-refractivity contribution in [2.45, 2.75) is 33.0 Å². The molecule has 6 heteroatoms. The molecule has 5 nitrogen and oxygen atoms in total. The summed E-state index contributed by atoms with van der Waals surface area (Å²) in [6, 6.07) is 0. The molecule has 0 fully saturated rings. The van der Waals surface area contributed by atoms with Gasteiger partial charge in [0.25, 0.3) is 10.1 Å². The van der Waals surface area contributed by atoms with Crippen LogP contribution in [0.1, 0.15) is 20.8 Å². The highest BCUT2D eigenvalue weighted by molar-refractivity contribution is 7.86. The second kappa shape index (κ2) is 4.57.